The van der Waals surface area contributed by atoms with Crippen LogP contribution in [0.2, 0.25) is 0 Å². The highest BCUT2D eigenvalue weighted by molar-refractivity contribution is 7.13. The second kappa shape index (κ2) is 5.07. The van der Waals surface area contributed by atoms with Gasteiger partial charge in [-0.3, -0.25) is 9.63 Å². The van der Waals surface area contributed by atoms with Crippen LogP contribution >= 0.6 is 11.3 Å². The minimum atomic E-state index is -0.331. The van der Waals surface area contributed by atoms with Crippen LogP contribution in [0, 0.1) is 6.92 Å². The summed E-state index contributed by atoms with van der Waals surface area (Å²) < 4.78 is 0. The predicted octanol–water partition coefficient (Wildman–Crippen LogP) is 2.41. The van der Waals surface area contributed by atoms with Gasteiger partial charge in [0.05, 0.1) is 7.11 Å². The van der Waals surface area contributed by atoms with Crippen molar-refractivity contribution in [1.82, 2.24) is 10.5 Å². The molecule has 5 heteroatoms. The lowest BCUT2D eigenvalue weighted by molar-refractivity contribution is 0.0533. The Bertz CT molecular complexity index is 520. The number of hydrogen-bond donors (Lipinski definition) is 1. The molecule has 1 heterocycles. The number of benzene rings is 1. The molecule has 2 rings (SSSR count). The van der Waals surface area contributed by atoms with Crippen molar-refractivity contribution < 1.29 is 9.63 Å². The van der Waals surface area contributed by atoms with Gasteiger partial charge in [-0.1, -0.05) is 29.8 Å². The normalized spacial score (nSPS) is 10.2. The Hall–Kier alpha value is -1.72. The van der Waals surface area contributed by atoms with E-state index in [0.717, 1.165) is 10.6 Å². The molecule has 0 saturated heterocycles. The molecule has 17 heavy (non-hydrogen) atoms. The van der Waals surface area contributed by atoms with E-state index in [1.54, 1.807) is 5.38 Å². The monoisotopic (exact) mass is 248 g/mol. The van der Waals surface area contributed by atoms with Crippen molar-refractivity contribution >= 4 is 17.2 Å². The first-order valence-electron chi connectivity index (χ1n) is 5.06. The van der Waals surface area contributed by atoms with Crippen molar-refractivity contribution in [2.24, 2.45) is 0 Å². The zero-order valence-electron chi connectivity index (χ0n) is 9.56. The summed E-state index contributed by atoms with van der Waals surface area (Å²) in [5, 5.41) is 2.54. The Kier molecular flexibility index (Phi) is 3.51. The lowest BCUT2D eigenvalue weighted by Gasteiger charge is -1.98. The van der Waals surface area contributed by atoms with Crippen molar-refractivity contribution in [1.29, 1.82) is 0 Å². The molecule has 1 aromatic heterocycles. The van der Waals surface area contributed by atoms with E-state index in [-0.39, 0.29) is 5.91 Å². The van der Waals surface area contributed by atoms with Gasteiger partial charge in [0.25, 0.3) is 5.91 Å². The van der Waals surface area contributed by atoms with Crippen molar-refractivity contribution in [3.8, 4) is 10.6 Å². The lowest BCUT2D eigenvalue weighted by Crippen LogP contribution is -2.21. The topological polar surface area (TPSA) is 51.2 Å². The Morgan fingerprint density at radius 3 is 2.71 bits per heavy atom. The second-order valence-electron chi connectivity index (χ2n) is 3.54. The van der Waals surface area contributed by atoms with Crippen LogP contribution in [0.4, 0.5) is 0 Å². The summed E-state index contributed by atoms with van der Waals surface area (Å²) in [4.78, 5) is 20.3. The first kappa shape index (κ1) is 11.8. The van der Waals surface area contributed by atoms with E-state index in [9.17, 15) is 4.79 Å². The minimum absolute atomic E-state index is 0.331. The highest BCUT2D eigenvalue weighted by atomic mass is 32.1. The number of rotatable bonds is 3. The Morgan fingerprint density at radius 2 is 2.06 bits per heavy atom. The molecular formula is C12H12N2O2S. The molecule has 1 amide bonds. The largest absolute Gasteiger partial charge is 0.294 e. The first-order chi connectivity index (χ1) is 8.20. The van der Waals surface area contributed by atoms with Crippen LogP contribution in [0.15, 0.2) is 29.6 Å². The molecule has 2 aromatic rings. The number of carbonyl (C=O) groups is 1. The van der Waals surface area contributed by atoms with Crippen LogP contribution in [0.3, 0.4) is 0 Å². The van der Waals surface area contributed by atoms with E-state index in [4.69, 9.17) is 0 Å². The van der Waals surface area contributed by atoms with Crippen molar-refractivity contribution in [2.45, 2.75) is 6.92 Å². The Balaban J connectivity index is 2.23. The van der Waals surface area contributed by atoms with E-state index in [1.807, 2.05) is 31.2 Å². The zero-order chi connectivity index (χ0) is 12.3. The number of thiazole rings is 1. The summed E-state index contributed by atoms with van der Waals surface area (Å²) in [7, 11) is 1.39. The molecule has 1 aromatic carbocycles. The molecule has 4 nitrogen and oxygen atoms in total. The number of carbonyl (C=O) groups excluding carboxylic acids is 1. The van der Waals surface area contributed by atoms with Gasteiger partial charge in [-0.05, 0) is 6.92 Å². The molecule has 0 unspecified atom stereocenters. The van der Waals surface area contributed by atoms with E-state index < -0.39 is 0 Å². The average Bonchev–Trinajstić information content (AvgIpc) is 2.80. The van der Waals surface area contributed by atoms with Gasteiger partial charge in [0.15, 0.2) is 0 Å². The Morgan fingerprint density at radius 1 is 1.35 bits per heavy atom. The maximum Gasteiger partial charge on any atom is 0.294 e. The van der Waals surface area contributed by atoms with Crippen LogP contribution in [0.25, 0.3) is 10.6 Å². The van der Waals surface area contributed by atoms with Gasteiger partial charge < -0.3 is 0 Å². The highest BCUT2D eigenvalue weighted by Crippen LogP contribution is 2.23. The molecule has 0 aliphatic rings. The van der Waals surface area contributed by atoms with Gasteiger partial charge in [0.1, 0.15) is 10.7 Å². The molecule has 0 spiro atoms. The Labute approximate surface area is 103 Å². The molecule has 88 valence electrons. The summed E-state index contributed by atoms with van der Waals surface area (Å²) in [6.07, 6.45) is 0. The molecular weight excluding hydrogens is 236 g/mol. The highest BCUT2D eigenvalue weighted by Gasteiger charge is 2.11. The van der Waals surface area contributed by atoms with E-state index in [0.29, 0.717) is 5.69 Å². The maximum atomic E-state index is 11.5. The zero-order valence-corrected chi connectivity index (χ0v) is 10.4. The minimum Gasteiger partial charge on any atom is -0.277 e. The van der Waals surface area contributed by atoms with Crippen LogP contribution in [-0.2, 0) is 4.84 Å². The van der Waals surface area contributed by atoms with Crippen molar-refractivity contribution in [2.75, 3.05) is 7.11 Å². The number of hydrogen-bond acceptors (Lipinski definition) is 4. The lowest BCUT2D eigenvalue weighted by atomic mass is 10.2. The predicted molar refractivity (Wildman–Crippen MR) is 66.8 cm³/mol. The number of amides is 1. The number of hydroxylamine groups is 1. The third-order valence-electron chi connectivity index (χ3n) is 2.23. The molecule has 0 aliphatic heterocycles. The smallest absolute Gasteiger partial charge is 0.277 e. The number of aromatic nitrogens is 1. The number of aryl methyl sites for hydroxylation is 1. The van der Waals surface area contributed by atoms with Crippen molar-refractivity contribution in [3.63, 3.8) is 0 Å². The molecule has 0 fully saturated rings. The van der Waals surface area contributed by atoms with E-state index in [1.165, 1.54) is 24.0 Å². The van der Waals surface area contributed by atoms with Crippen LogP contribution < -0.4 is 5.48 Å². The van der Waals surface area contributed by atoms with Gasteiger partial charge in [-0.25, -0.2) is 10.5 Å². The quantitative estimate of drug-likeness (QED) is 0.849. The van der Waals surface area contributed by atoms with Crippen LogP contribution in [0.5, 0.6) is 0 Å². The summed E-state index contributed by atoms with van der Waals surface area (Å²) in [6.45, 7) is 2.03. The summed E-state index contributed by atoms with van der Waals surface area (Å²) in [5.74, 6) is -0.331. The third-order valence-corrected chi connectivity index (χ3v) is 3.12. The average molecular weight is 248 g/mol. The van der Waals surface area contributed by atoms with Gasteiger partial charge in [0, 0.05) is 10.9 Å². The van der Waals surface area contributed by atoms with Gasteiger partial charge >= 0.3 is 0 Å². The summed E-state index contributed by atoms with van der Waals surface area (Å²) in [5.41, 5.74) is 4.82. The standard InChI is InChI=1S/C12H12N2O2S/c1-8-3-5-9(6-4-8)12-13-10(7-17-12)11(15)14-16-2/h3-7H,1-2H3,(H,14,15). The summed E-state index contributed by atoms with van der Waals surface area (Å²) in [6, 6.07) is 8.02. The maximum absolute atomic E-state index is 11.5. The number of nitrogens with zero attached hydrogens (tertiary/aromatic N) is 1. The molecule has 0 radical (unpaired) electrons. The fourth-order valence-electron chi connectivity index (χ4n) is 1.35. The molecule has 0 atom stereocenters. The molecule has 0 aliphatic carbocycles. The fraction of sp³-hybridized carbons (Fsp3) is 0.167. The van der Waals surface area contributed by atoms with E-state index in [2.05, 4.69) is 15.3 Å². The van der Waals surface area contributed by atoms with E-state index >= 15 is 0 Å². The number of nitrogens with one attached hydrogen (secondary N) is 1. The molecule has 1 N–H and O–H groups in total. The summed E-state index contributed by atoms with van der Waals surface area (Å²) >= 11 is 1.44. The first-order valence-corrected chi connectivity index (χ1v) is 5.94. The fourth-order valence-corrected chi connectivity index (χ4v) is 2.16. The third kappa shape index (κ3) is 2.69. The second-order valence-corrected chi connectivity index (χ2v) is 4.40. The SMILES string of the molecule is CONC(=O)c1csc(-c2ccc(C)cc2)n1. The van der Waals surface area contributed by atoms with Crippen molar-refractivity contribution in [3.05, 3.63) is 40.9 Å². The molecule has 0 saturated carbocycles. The van der Waals surface area contributed by atoms with Crippen LogP contribution in [0.1, 0.15) is 16.1 Å². The van der Waals surface area contributed by atoms with Gasteiger partial charge in [-0.2, -0.15) is 0 Å². The van der Waals surface area contributed by atoms with Gasteiger partial charge in [0.2, 0.25) is 0 Å². The van der Waals surface area contributed by atoms with Crippen LogP contribution in [-0.4, -0.2) is 18.0 Å². The molecule has 0 bridgehead atoms. The van der Waals surface area contributed by atoms with Gasteiger partial charge in [-0.15, -0.1) is 11.3 Å².